The number of aromatic nitrogens is 1. The van der Waals surface area contributed by atoms with Gasteiger partial charge in [-0.25, -0.2) is 0 Å². The molecule has 82 valence electrons. The van der Waals surface area contributed by atoms with Crippen molar-refractivity contribution >= 4 is 17.5 Å². The number of amides is 1. The van der Waals surface area contributed by atoms with Crippen LogP contribution in [-0.4, -0.2) is 16.8 Å². The second-order valence-corrected chi connectivity index (χ2v) is 4.29. The maximum Gasteiger partial charge on any atom is 0.227 e. The predicted molar refractivity (Wildman–Crippen MR) is 60.6 cm³/mol. The molecule has 1 aromatic rings. The van der Waals surface area contributed by atoms with E-state index >= 15 is 0 Å². The zero-order valence-electron chi connectivity index (χ0n) is 8.96. The molecule has 0 aliphatic rings. The number of alkyl halides is 1. The van der Waals surface area contributed by atoms with Crippen molar-refractivity contribution < 1.29 is 4.79 Å². The van der Waals surface area contributed by atoms with Gasteiger partial charge in [0.15, 0.2) is 0 Å². The smallest absolute Gasteiger partial charge is 0.227 e. The molecule has 4 heteroatoms. The summed E-state index contributed by atoms with van der Waals surface area (Å²) in [5, 5.41) is 2.80. The van der Waals surface area contributed by atoms with Crippen molar-refractivity contribution in [3.63, 3.8) is 0 Å². The molecule has 0 aliphatic carbocycles. The molecule has 0 radical (unpaired) electrons. The molecule has 0 unspecified atom stereocenters. The van der Waals surface area contributed by atoms with E-state index in [4.69, 9.17) is 11.6 Å². The molecule has 1 amide bonds. The second-order valence-electron chi connectivity index (χ2n) is 4.02. The molecule has 0 saturated heterocycles. The summed E-state index contributed by atoms with van der Waals surface area (Å²) in [4.78, 5) is 15.8. The van der Waals surface area contributed by atoms with Crippen LogP contribution in [0.5, 0.6) is 0 Å². The Morgan fingerprint density at radius 2 is 2.27 bits per heavy atom. The molecule has 0 fully saturated rings. The SMILES string of the molecule is CC(C)(CCl)C(=O)NCc1ccccn1. The molecule has 0 aliphatic heterocycles. The van der Waals surface area contributed by atoms with Crippen LogP contribution in [-0.2, 0) is 11.3 Å². The summed E-state index contributed by atoms with van der Waals surface area (Å²) in [5.74, 6) is 0.254. The van der Waals surface area contributed by atoms with Crippen molar-refractivity contribution in [2.45, 2.75) is 20.4 Å². The summed E-state index contributed by atoms with van der Waals surface area (Å²) in [7, 11) is 0. The van der Waals surface area contributed by atoms with Gasteiger partial charge in [-0.15, -0.1) is 11.6 Å². The molecular formula is C11H15ClN2O. The Morgan fingerprint density at radius 1 is 1.53 bits per heavy atom. The molecule has 0 atom stereocenters. The molecule has 0 aromatic carbocycles. The van der Waals surface area contributed by atoms with Crippen molar-refractivity contribution in [1.82, 2.24) is 10.3 Å². The Bertz CT molecular complexity index is 325. The van der Waals surface area contributed by atoms with E-state index < -0.39 is 5.41 Å². The Balaban J connectivity index is 2.48. The van der Waals surface area contributed by atoms with E-state index in [9.17, 15) is 4.79 Å². The van der Waals surface area contributed by atoms with E-state index in [1.54, 1.807) is 6.20 Å². The number of halogens is 1. The number of nitrogens with zero attached hydrogens (tertiary/aromatic N) is 1. The summed E-state index contributed by atoms with van der Waals surface area (Å²) in [5.41, 5.74) is 0.312. The van der Waals surface area contributed by atoms with Crippen molar-refractivity contribution in [2.24, 2.45) is 5.41 Å². The summed E-state index contributed by atoms with van der Waals surface area (Å²) in [6.07, 6.45) is 1.70. The average Bonchev–Trinajstić information content (AvgIpc) is 2.27. The van der Waals surface area contributed by atoms with Crippen molar-refractivity contribution in [2.75, 3.05) is 5.88 Å². The molecule has 1 N–H and O–H groups in total. The monoisotopic (exact) mass is 226 g/mol. The quantitative estimate of drug-likeness (QED) is 0.798. The van der Waals surface area contributed by atoms with Crippen LogP contribution in [0.3, 0.4) is 0 Å². The number of pyridine rings is 1. The highest BCUT2D eigenvalue weighted by Crippen LogP contribution is 2.16. The first-order valence-electron chi connectivity index (χ1n) is 4.80. The fraction of sp³-hybridized carbons (Fsp3) is 0.455. The van der Waals surface area contributed by atoms with Crippen molar-refractivity contribution in [3.05, 3.63) is 30.1 Å². The molecular weight excluding hydrogens is 212 g/mol. The number of carbonyl (C=O) groups excluding carboxylic acids is 1. The minimum atomic E-state index is -0.531. The highest BCUT2D eigenvalue weighted by Gasteiger charge is 2.25. The maximum absolute atomic E-state index is 11.6. The van der Waals surface area contributed by atoms with Crippen LogP contribution < -0.4 is 5.32 Å². The Hall–Kier alpha value is -1.09. The second kappa shape index (κ2) is 5.12. The first-order valence-corrected chi connectivity index (χ1v) is 5.34. The van der Waals surface area contributed by atoms with Gasteiger partial charge in [-0.2, -0.15) is 0 Å². The number of hydrogen-bond donors (Lipinski definition) is 1. The van der Waals surface area contributed by atoms with Crippen LogP contribution in [0, 0.1) is 5.41 Å². The number of rotatable bonds is 4. The number of hydrogen-bond acceptors (Lipinski definition) is 2. The van der Waals surface area contributed by atoms with Gasteiger partial charge in [-0.1, -0.05) is 6.07 Å². The summed E-state index contributed by atoms with van der Waals surface area (Å²) >= 11 is 5.69. The van der Waals surface area contributed by atoms with Gasteiger partial charge in [0, 0.05) is 12.1 Å². The van der Waals surface area contributed by atoms with Gasteiger partial charge in [-0.3, -0.25) is 9.78 Å². The minimum Gasteiger partial charge on any atom is -0.350 e. The molecule has 1 heterocycles. The van der Waals surface area contributed by atoms with Crippen molar-refractivity contribution in [3.8, 4) is 0 Å². The lowest BCUT2D eigenvalue weighted by Crippen LogP contribution is -2.37. The third-order valence-electron chi connectivity index (χ3n) is 2.10. The van der Waals surface area contributed by atoms with Gasteiger partial charge < -0.3 is 5.32 Å². The van der Waals surface area contributed by atoms with Gasteiger partial charge in [0.2, 0.25) is 5.91 Å². The Morgan fingerprint density at radius 3 is 2.80 bits per heavy atom. The lowest BCUT2D eigenvalue weighted by molar-refractivity contribution is -0.128. The van der Waals surface area contributed by atoms with Gasteiger partial charge in [0.05, 0.1) is 17.7 Å². The number of carbonyl (C=O) groups is 1. The van der Waals surface area contributed by atoms with E-state index in [1.807, 2.05) is 32.0 Å². The molecule has 1 rings (SSSR count). The highest BCUT2D eigenvalue weighted by molar-refractivity contribution is 6.19. The van der Waals surface area contributed by atoms with Crippen LogP contribution in [0.1, 0.15) is 19.5 Å². The van der Waals surface area contributed by atoms with E-state index in [1.165, 1.54) is 0 Å². The summed E-state index contributed by atoms with van der Waals surface area (Å²) in [6.45, 7) is 4.07. The standard InChI is InChI=1S/C11H15ClN2O/c1-11(2,8-12)10(15)14-7-9-5-3-4-6-13-9/h3-6H,7-8H2,1-2H3,(H,14,15). The number of nitrogens with one attached hydrogen (secondary N) is 1. The highest BCUT2D eigenvalue weighted by atomic mass is 35.5. The molecule has 0 spiro atoms. The molecule has 0 saturated carbocycles. The van der Waals surface area contributed by atoms with Crippen LogP contribution in [0.15, 0.2) is 24.4 Å². The summed E-state index contributed by atoms with van der Waals surface area (Å²) < 4.78 is 0. The van der Waals surface area contributed by atoms with Crippen LogP contribution in [0.2, 0.25) is 0 Å². The van der Waals surface area contributed by atoms with E-state index in [0.717, 1.165) is 5.69 Å². The average molecular weight is 227 g/mol. The fourth-order valence-corrected chi connectivity index (χ4v) is 1.09. The molecule has 1 aromatic heterocycles. The van der Waals surface area contributed by atoms with Crippen LogP contribution in [0.4, 0.5) is 0 Å². The zero-order valence-corrected chi connectivity index (χ0v) is 9.71. The molecule has 3 nitrogen and oxygen atoms in total. The minimum absolute atomic E-state index is 0.0526. The van der Waals surface area contributed by atoms with Crippen LogP contribution >= 0.6 is 11.6 Å². The molecule has 0 bridgehead atoms. The first kappa shape index (κ1) is 12.0. The van der Waals surface area contributed by atoms with Gasteiger partial charge in [0.1, 0.15) is 0 Å². The van der Waals surface area contributed by atoms with Gasteiger partial charge >= 0.3 is 0 Å². The zero-order chi connectivity index (χ0) is 11.3. The lowest BCUT2D eigenvalue weighted by Gasteiger charge is -2.20. The third-order valence-corrected chi connectivity index (χ3v) is 2.77. The van der Waals surface area contributed by atoms with Gasteiger partial charge in [0.25, 0.3) is 0 Å². The molecule has 15 heavy (non-hydrogen) atoms. The maximum atomic E-state index is 11.6. The third kappa shape index (κ3) is 3.51. The topological polar surface area (TPSA) is 42.0 Å². The van der Waals surface area contributed by atoms with Gasteiger partial charge in [-0.05, 0) is 26.0 Å². The largest absolute Gasteiger partial charge is 0.350 e. The fourth-order valence-electron chi connectivity index (χ4n) is 0.973. The normalized spacial score (nSPS) is 11.1. The van der Waals surface area contributed by atoms with Crippen molar-refractivity contribution in [1.29, 1.82) is 0 Å². The predicted octanol–water partition coefficient (Wildman–Crippen LogP) is 1.96. The first-order chi connectivity index (χ1) is 7.06. The van der Waals surface area contributed by atoms with E-state index in [-0.39, 0.29) is 5.91 Å². The lowest BCUT2D eigenvalue weighted by atomic mass is 9.95. The Labute approximate surface area is 94.9 Å². The van der Waals surface area contributed by atoms with Crippen LogP contribution in [0.25, 0.3) is 0 Å². The van der Waals surface area contributed by atoms with E-state index in [0.29, 0.717) is 12.4 Å². The van der Waals surface area contributed by atoms with E-state index in [2.05, 4.69) is 10.3 Å². The summed E-state index contributed by atoms with van der Waals surface area (Å²) in [6, 6.07) is 5.60. The Kier molecular flexibility index (Phi) is 4.09.